The number of rotatable bonds is 4. The molecule has 1 aromatic carbocycles. The molecule has 0 aliphatic rings. The molecule has 0 spiro atoms. The van der Waals surface area contributed by atoms with Crippen LogP contribution in [0, 0.1) is 5.92 Å². The molecule has 1 aromatic rings. The highest BCUT2D eigenvalue weighted by atomic mass is 79.9. The number of thiocarbonyl (C=S) groups is 1. The van der Waals surface area contributed by atoms with E-state index < -0.39 is 6.09 Å². The van der Waals surface area contributed by atoms with Crippen molar-refractivity contribution in [1.82, 2.24) is 0 Å². The minimum absolute atomic E-state index is 0.224. The van der Waals surface area contributed by atoms with Gasteiger partial charge in [0.15, 0.2) is 0 Å². The van der Waals surface area contributed by atoms with E-state index >= 15 is 0 Å². The quantitative estimate of drug-likeness (QED) is 0.831. The second kappa shape index (κ2) is 6.70. The molecule has 0 radical (unpaired) electrons. The SMILES string of the molecule is CC(C)COC(=O)Nc1cc(Br)ccc1C(N)=S. The molecule has 0 saturated carbocycles. The van der Waals surface area contributed by atoms with Crippen molar-refractivity contribution in [3.8, 4) is 0 Å². The van der Waals surface area contributed by atoms with Crippen LogP contribution in [-0.2, 0) is 4.74 Å². The van der Waals surface area contributed by atoms with E-state index in [9.17, 15) is 4.79 Å². The molecule has 1 amide bonds. The van der Waals surface area contributed by atoms with Gasteiger partial charge in [0.1, 0.15) is 4.99 Å². The fourth-order valence-corrected chi connectivity index (χ4v) is 1.76. The molecule has 0 unspecified atom stereocenters. The van der Waals surface area contributed by atoms with Gasteiger partial charge in [-0.05, 0) is 24.1 Å². The van der Waals surface area contributed by atoms with Gasteiger partial charge in [-0.2, -0.15) is 0 Å². The molecule has 18 heavy (non-hydrogen) atoms. The molecule has 6 heteroatoms. The van der Waals surface area contributed by atoms with Crippen LogP contribution in [0.5, 0.6) is 0 Å². The van der Waals surface area contributed by atoms with Crippen LogP contribution in [-0.4, -0.2) is 17.7 Å². The number of hydrogen-bond acceptors (Lipinski definition) is 3. The average Bonchev–Trinajstić information content (AvgIpc) is 2.26. The fourth-order valence-electron chi connectivity index (χ4n) is 1.22. The number of halogens is 1. The van der Waals surface area contributed by atoms with Crippen molar-refractivity contribution in [3.63, 3.8) is 0 Å². The Labute approximate surface area is 120 Å². The molecule has 0 bridgehead atoms. The second-order valence-corrected chi connectivity index (χ2v) is 5.53. The van der Waals surface area contributed by atoms with Crippen LogP contribution in [0.25, 0.3) is 0 Å². The maximum atomic E-state index is 11.6. The molecular weight excluding hydrogens is 316 g/mol. The number of ether oxygens (including phenoxy) is 1. The molecule has 1 rings (SSSR count). The first-order valence-electron chi connectivity index (χ1n) is 5.43. The molecule has 0 fully saturated rings. The van der Waals surface area contributed by atoms with Gasteiger partial charge >= 0.3 is 6.09 Å². The Kier molecular flexibility index (Phi) is 5.55. The van der Waals surface area contributed by atoms with Crippen molar-refractivity contribution in [2.45, 2.75) is 13.8 Å². The number of amides is 1. The highest BCUT2D eigenvalue weighted by molar-refractivity contribution is 9.10. The average molecular weight is 331 g/mol. The van der Waals surface area contributed by atoms with Gasteiger partial charge in [0.2, 0.25) is 0 Å². The largest absolute Gasteiger partial charge is 0.449 e. The van der Waals surface area contributed by atoms with Crippen LogP contribution in [0.15, 0.2) is 22.7 Å². The topological polar surface area (TPSA) is 64.3 Å². The normalized spacial score (nSPS) is 10.2. The van der Waals surface area contributed by atoms with E-state index in [-0.39, 0.29) is 10.9 Å². The molecule has 98 valence electrons. The van der Waals surface area contributed by atoms with E-state index in [4.69, 9.17) is 22.7 Å². The molecule has 0 atom stereocenters. The van der Waals surface area contributed by atoms with Gasteiger partial charge in [-0.1, -0.05) is 42.0 Å². The van der Waals surface area contributed by atoms with Crippen molar-refractivity contribution in [2.24, 2.45) is 11.7 Å². The van der Waals surface area contributed by atoms with Crippen LogP contribution in [0.1, 0.15) is 19.4 Å². The first kappa shape index (κ1) is 14.9. The van der Waals surface area contributed by atoms with Crippen molar-refractivity contribution in [1.29, 1.82) is 0 Å². The Morgan fingerprint density at radius 1 is 1.56 bits per heavy atom. The lowest BCUT2D eigenvalue weighted by molar-refractivity contribution is 0.147. The van der Waals surface area contributed by atoms with E-state index in [1.165, 1.54) is 0 Å². The first-order chi connectivity index (χ1) is 8.40. The molecule has 4 nitrogen and oxygen atoms in total. The standard InChI is InChI=1S/C12H15BrN2O2S/c1-7(2)6-17-12(16)15-10-5-8(13)3-4-9(10)11(14)18/h3-5,7H,6H2,1-2H3,(H2,14,18)(H,15,16). The maximum absolute atomic E-state index is 11.6. The predicted molar refractivity (Wildman–Crippen MR) is 79.8 cm³/mol. The summed E-state index contributed by atoms with van der Waals surface area (Å²) in [5, 5.41) is 2.63. The van der Waals surface area contributed by atoms with Gasteiger partial charge in [0, 0.05) is 10.0 Å². The van der Waals surface area contributed by atoms with Gasteiger partial charge in [0.05, 0.1) is 12.3 Å². The molecule has 0 aliphatic carbocycles. The lowest BCUT2D eigenvalue weighted by Crippen LogP contribution is -2.20. The number of carbonyl (C=O) groups excluding carboxylic acids is 1. The van der Waals surface area contributed by atoms with Crippen molar-refractivity contribution in [2.75, 3.05) is 11.9 Å². The molecule has 0 saturated heterocycles. The summed E-state index contributed by atoms with van der Waals surface area (Å²) in [6.07, 6.45) is -0.515. The van der Waals surface area contributed by atoms with Crippen LogP contribution >= 0.6 is 28.1 Å². The zero-order valence-corrected chi connectivity index (χ0v) is 12.6. The monoisotopic (exact) mass is 330 g/mol. The third kappa shape index (κ3) is 4.62. The lowest BCUT2D eigenvalue weighted by atomic mass is 10.2. The second-order valence-electron chi connectivity index (χ2n) is 4.17. The molecule has 0 aromatic heterocycles. The summed E-state index contributed by atoms with van der Waals surface area (Å²) in [6, 6.07) is 5.27. The molecular formula is C12H15BrN2O2S. The van der Waals surface area contributed by atoms with Gasteiger partial charge in [-0.3, -0.25) is 5.32 Å². The molecule has 0 aliphatic heterocycles. The van der Waals surface area contributed by atoms with Crippen LogP contribution in [0.3, 0.4) is 0 Å². The zero-order chi connectivity index (χ0) is 13.7. The van der Waals surface area contributed by atoms with Crippen molar-refractivity contribution >= 4 is 44.9 Å². The third-order valence-electron chi connectivity index (χ3n) is 2.03. The van der Waals surface area contributed by atoms with E-state index in [2.05, 4.69) is 21.2 Å². The Hall–Kier alpha value is -1.14. The maximum Gasteiger partial charge on any atom is 0.411 e. The fraction of sp³-hybridized carbons (Fsp3) is 0.333. The smallest absolute Gasteiger partial charge is 0.411 e. The summed E-state index contributed by atoms with van der Waals surface area (Å²) >= 11 is 8.24. The van der Waals surface area contributed by atoms with Gasteiger partial charge in [-0.25, -0.2) is 4.79 Å². The summed E-state index contributed by atoms with van der Waals surface area (Å²) < 4.78 is 5.85. The Morgan fingerprint density at radius 2 is 2.22 bits per heavy atom. The van der Waals surface area contributed by atoms with E-state index in [0.29, 0.717) is 17.9 Å². The summed E-state index contributed by atoms with van der Waals surface area (Å²) in [4.78, 5) is 11.8. The number of hydrogen-bond donors (Lipinski definition) is 2. The number of carbonyl (C=O) groups is 1. The Balaban J connectivity index is 2.79. The highest BCUT2D eigenvalue weighted by Gasteiger charge is 2.10. The van der Waals surface area contributed by atoms with Crippen LogP contribution < -0.4 is 11.1 Å². The van der Waals surface area contributed by atoms with Gasteiger partial charge in [0.25, 0.3) is 0 Å². The number of anilines is 1. The summed E-state index contributed by atoms with van der Waals surface area (Å²) in [5.74, 6) is 0.285. The summed E-state index contributed by atoms with van der Waals surface area (Å²) in [5.41, 5.74) is 6.73. The van der Waals surface area contributed by atoms with Crippen molar-refractivity contribution < 1.29 is 9.53 Å². The van der Waals surface area contributed by atoms with Crippen molar-refractivity contribution in [3.05, 3.63) is 28.2 Å². The first-order valence-corrected chi connectivity index (χ1v) is 6.63. The van der Waals surface area contributed by atoms with Gasteiger partial charge < -0.3 is 10.5 Å². The molecule has 3 N–H and O–H groups in total. The minimum atomic E-state index is -0.515. The summed E-state index contributed by atoms with van der Waals surface area (Å²) in [7, 11) is 0. The Bertz CT molecular complexity index is 463. The number of benzene rings is 1. The van der Waals surface area contributed by atoms with E-state index in [0.717, 1.165) is 4.47 Å². The minimum Gasteiger partial charge on any atom is -0.449 e. The van der Waals surface area contributed by atoms with E-state index in [1.54, 1.807) is 18.2 Å². The van der Waals surface area contributed by atoms with Crippen LogP contribution in [0.4, 0.5) is 10.5 Å². The summed E-state index contributed by atoms with van der Waals surface area (Å²) in [6.45, 7) is 4.29. The highest BCUT2D eigenvalue weighted by Crippen LogP contribution is 2.21. The van der Waals surface area contributed by atoms with Crippen LogP contribution in [0.2, 0.25) is 0 Å². The lowest BCUT2D eigenvalue weighted by Gasteiger charge is -2.12. The number of nitrogens with two attached hydrogens (primary N) is 1. The number of nitrogens with one attached hydrogen (secondary N) is 1. The molecule has 0 heterocycles. The van der Waals surface area contributed by atoms with E-state index in [1.807, 2.05) is 13.8 Å². The third-order valence-corrected chi connectivity index (χ3v) is 2.74. The Morgan fingerprint density at radius 3 is 2.78 bits per heavy atom. The van der Waals surface area contributed by atoms with Gasteiger partial charge in [-0.15, -0.1) is 0 Å². The zero-order valence-electron chi connectivity index (χ0n) is 10.2. The predicted octanol–water partition coefficient (Wildman–Crippen LogP) is 3.29.